The van der Waals surface area contributed by atoms with Crippen LogP contribution in [0.25, 0.3) is 0 Å². The summed E-state index contributed by atoms with van der Waals surface area (Å²) in [7, 11) is 1.89. The Hall–Kier alpha value is -0.650. The predicted octanol–water partition coefficient (Wildman–Crippen LogP) is 2.99. The van der Waals surface area contributed by atoms with Crippen molar-refractivity contribution in [2.75, 3.05) is 0 Å². The zero-order valence-electron chi connectivity index (χ0n) is 8.69. The summed E-state index contributed by atoms with van der Waals surface area (Å²) >= 11 is 6.96. The van der Waals surface area contributed by atoms with Gasteiger partial charge in [0.1, 0.15) is 0 Å². The first-order chi connectivity index (χ1) is 7.59. The summed E-state index contributed by atoms with van der Waals surface area (Å²) in [6.07, 6.45) is 1.75. The smallest absolute Gasteiger partial charge is 0.0734 e. The summed E-state index contributed by atoms with van der Waals surface area (Å²) < 4.78 is 3.81. The first-order valence-electron chi connectivity index (χ1n) is 4.78. The molecule has 2 N–H and O–H groups in total. The van der Waals surface area contributed by atoms with E-state index >= 15 is 0 Å². The van der Waals surface area contributed by atoms with Crippen molar-refractivity contribution in [2.24, 2.45) is 12.8 Å². The van der Waals surface area contributed by atoms with Crippen molar-refractivity contribution in [2.45, 2.75) is 6.04 Å². The second-order valence-electron chi connectivity index (χ2n) is 3.52. The van der Waals surface area contributed by atoms with E-state index in [2.05, 4.69) is 37.0 Å². The Balaban J connectivity index is 2.45. The normalized spacial score (nSPS) is 12.8. The van der Waals surface area contributed by atoms with Crippen LogP contribution in [-0.4, -0.2) is 9.78 Å². The molecule has 0 spiro atoms. The molecule has 2 rings (SSSR count). The van der Waals surface area contributed by atoms with Gasteiger partial charge in [-0.2, -0.15) is 5.10 Å². The highest BCUT2D eigenvalue weighted by Gasteiger charge is 2.15. The fourth-order valence-corrected chi connectivity index (χ4v) is 2.47. The summed E-state index contributed by atoms with van der Waals surface area (Å²) in [6.45, 7) is 0. The molecule has 0 aliphatic rings. The third kappa shape index (κ3) is 2.21. The van der Waals surface area contributed by atoms with E-state index in [0.29, 0.717) is 0 Å². The van der Waals surface area contributed by atoms with Crippen molar-refractivity contribution in [3.63, 3.8) is 0 Å². The third-order valence-electron chi connectivity index (χ3n) is 2.47. The topological polar surface area (TPSA) is 43.8 Å². The van der Waals surface area contributed by atoms with E-state index < -0.39 is 0 Å². The predicted molar refractivity (Wildman–Crippen MR) is 71.1 cm³/mol. The number of hydrogen-bond acceptors (Lipinski definition) is 2. The van der Waals surface area contributed by atoms with E-state index in [4.69, 9.17) is 5.73 Å². The van der Waals surface area contributed by atoms with Crippen LogP contribution in [0.15, 0.2) is 39.4 Å². The van der Waals surface area contributed by atoms with Gasteiger partial charge in [-0.3, -0.25) is 4.68 Å². The lowest BCUT2D eigenvalue weighted by Gasteiger charge is -2.14. The van der Waals surface area contributed by atoms with Crippen molar-refractivity contribution >= 4 is 31.9 Å². The van der Waals surface area contributed by atoms with Crippen molar-refractivity contribution in [1.29, 1.82) is 0 Å². The van der Waals surface area contributed by atoms with Gasteiger partial charge < -0.3 is 5.73 Å². The van der Waals surface area contributed by atoms with Gasteiger partial charge in [-0.05, 0) is 29.8 Å². The molecule has 16 heavy (non-hydrogen) atoms. The summed E-state index contributed by atoms with van der Waals surface area (Å²) in [6, 6.07) is 7.72. The second kappa shape index (κ2) is 4.69. The molecule has 0 amide bonds. The third-order valence-corrected chi connectivity index (χ3v) is 3.69. The van der Waals surface area contributed by atoms with Gasteiger partial charge in [0.05, 0.1) is 11.7 Å². The Morgan fingerprint density at radius 3 is 2.69 bits per heavy atom. The molecule has 84 valence electrons. The van der Waals surface area contributed by atoms with Gasteiger partial charge in [-0.15, -0.1) is 0 Å². The second-order valence-corrected chi connectivity index (χ2v) is 5.29. The molecule has 0 bridgehead atoms. The quantitative estimate of drug-likeness (QED) is 0.910. The minimum Gasteiger partial charge on any atom is -0.319 e. The molecule has 1 unspecified atom stereocenters. The molecule has 0 saturated carbocycles. The highest BCUT2D eigenvalue weighted by molar-refractivity contribution is 9.11. The number of hydrogen-bond donors (Lipinski definition) is 1. The van der Waals surface area contributed by atoms with Gasteiger partial charge in [-0.25, -0.2) is 0 Å². The number of nitrogens with two attached hydrogens (primary N) is 1. The average molecular weight is 345 g/mol. The molecule has 2 aromatic rings. The molecule has 0 saturated heterocycles. The fraction of sp³-hybridized carbons (Fsp3) is 0.182. The monoisotopic (exact) mass is 343 g/mol. The highest BCUT2D eigenvalue weighted by Crippen LogP contribution is 2.29. The van der Waals surface area contributed by atoms with Gasteiger partial charge in [0, 0.05) is 22.2 Å². The highest BCUT2D eigenvalue weighted by atomic mass is 79.9. The minimum absolute atomic E-state index is 0.181. The molecule has 0 aliphatic carbocycles. The maximum absolute atomic E-state index is 6.22. The van der Waals surface area contributed by atoms with Crippen molar-refractivity contribution < 1.29 is 0 Å². The first kappa shape index (κ1) is 11.8. The van der Waals surface area contributed by atoms with Gasteiger partial charge in [0.25, 0.3) is 0 Å². The molecule has 3 nitrogen and oxygen atoms in total. The summed E-state index contributed by atoms with van der Waals surface area (Å²) in [4.78, 5) is 0. The number of benzene rings is 1. The Morgan fingerprint density at radius 2 is 2.06 bits per heavy atom. The van der Waals surface area contributed by atoms with E-state index in [9.17, 15) is 0 Å². The number of rotatable bonds is 2. The Kier molecular flexibility index (Phi) is 3.47. The number of nitrogens with zero attached hydrogens (tertiary/aromatic N) is 2. The summed E-state index contributed by atoms with van der Waals surface area (Å²) in [5.41, 5.74) is 8.24. The van der Waals surface area contributed by atoms with Gasteiger partial charge in [0.15, 0.2) is 0 Å². The maximum Gasteiger partial charge on any atom is 0.0734 e. The molecular weight excluding hydrogens is 334 g/mol. The average Bonchev–Trinajstić information content (AvgIpc) is 2.67. The summed E-state index contributed by atoms with van der Waals surface area (Å²) in [5.74, 6) is 0. The molecule has 5 heteroatoms. The van der Waals surface area contributed by atoms with Gasteiger partial charge >= 0.3 is 0 Å². The van der Waals surface area contributed by atoms with Crippen LogP contribution in [0.1, 0.15) is 17.3 Å². The lowest BCUT2D eigenvalue weighted by molar-refractivity contribution is 0.672. The maximum atomic E-state index is 6.22. The minimum atomic E-state index is -0.181. The zero-order valence-corrected chi connectivity index (χ0v) is 11.9. The molecule has 1 atom stereocenters. The number of halogens is 2. The molecular formula is C11H11Br2N3. The lowest BCUT2D eigenvalue weighted by Crippen LogP contribution is -2.16. The molecule has 1 heterocycles. The molecule has 0 fully saturated rings. The van der Waals surface area contributed by atoms with E-state index in [0.717, 1.165) is 20.2 Å². The number of aromatic nitrogens is 2. The van der Waals surface area contributed by atoms with Gasteiger partial charge in [0.2, 0.25) is 0 Å². The van der Waals surface area contributed by atoms with E-state index in [1.165, 1.54) is 0 Å². The lowest BCUT2D eigenvalue weighted by atomic mass is 10.1. The Labute approximate surface area is 111 Å². The Bertz CT molecular complexity index is 508. The Morgan fingerprint density at radius 1 is 1.31 bits per heavy atom. The van der Waals surface area contributed by atoms with Crippen LogP contribution >= 0.6 is 31.9 Å². The van der Waals surface area contributed by atoms with Crippen molar-refractivity contribution in [3.8, 4) is 0 Å². The number of aryl methyl sites for hydroxylation is 1. The SMILES string of the molecule is Cn1nccc1C(N)c1cc(Br)ccc1Br. The zero-order chi connectivity index (χ0) is 11.7. The van der Waals surface area contributed by atoms with E-state index in [-0.39, 0.29) is 6.04 Å². The van der Waals surface area contributed by atoms with Crippen LogP contribution in [0.4, 0.5) is 0 Å². The van der Waals surface area contributed by atoms with Gasteiger partial charge in [-0.1, -0.05) is 31.9 Å². The molecule has 1 aromatic carbocycles. The van der Waals surface area contributed by atoms with Crippen LogP contribution < -0.4 is 5.73 Å². The van der Waals surface area contributed by atoms with Crippen molar-refractivity contribution in [1.82, 2.24) is 9.78 Å². The largest absolute Gasteiger partial charge is 0.319 e. The molecule has 0 radical (unpaired) electrons. The molecule has 0 aliphatic heterocycles. The first-order valence-corrected chi connectivity index (χ1v) is 6.36. The molecule has 1 aromatic heterocycles. The van der Waals surface area contributed by atoms with Crippen LogP contribution in [0.2, 0.25) is 0 Å². The van der Waals surface area contributed by atoms with E-state index in [1.807, 2.05) is 31.3 Å². The summed E-state index contributed by atoms with van der Waals surface area (Å²) in [5, 5.41) is 4.12. The van der Waals surface area contributed by atoms with E-state index in [1.54, 1.807) is 10.9 Å². The van der Waals surface area contributed by atoms with Crippen LogP contribution in [0, 0.1) is 0 Å². The van der Waals surface area contributed by atoms with Crippen molar-refractivity contribution in [3.05, 3.63) is 50.7 Å². The van der Waals surface area contributed by atoms with Crippen LogP contribution in [0.5, 0.6) is 0 Å². The standard InChI is InChI=1S/C11H11Br2N3/c1-16-10(4-5-15-16)11(14)8-6-7(12)2-3-9(8)13/h2-6,11H,14H2,1H3. The van der Waals surface area contributed by atoms with Crippen LogP contribution in [0.3, 0.4) is 0 Å². The van der Waals surface area contributed by atoms with Crippen LogP contribution in [-0.2, 0) is 7.05 Å². The fourth-order valence-electron chi connectivity index (χ4n) is 1.60.